The Bertz CT molecular complexity index is 433. The highest BCUT2D eigenvalue weighted by atomic mass is 16.7. The van der Waals surface area contributed by atoms with Gasteiger partial charge in [0.15, 0.2) is 5.79 Å². The summed E-state index contributed by atoms with van der Waals surface area (Å²) in [7, 11) is 0. The van der Waals surface area contributed by atoms with Crippen molar-refractivity contribution in [1.29, 1.82) is 0 Å². The normalized spacial score (nSPS) is 18.9. The van der Waals surface area contributed by atoms with E-state index >= 15 is 0 Å². The van der Waals surface area contributed by atoms with E-state index in [-0.39, 0.29) is 11.9 Å². The first-order valence-corrected chi connectivity index (χ1v) is 6.37. The van der Waals surface area contributed by atoms with E-state index in [2.05, 4.69) is 10.6 Å². The van der Waals surface area contributed by atoms with Crippen molar-refractivity contribution in [3.05, 3.63) is 24.3 Å². The number of hydrogen-bond donors (Lipinski definition) is 2. The van der Waals surface area contributed by atoms with Gasteiger partial charge in [-0.05, 0) is 38.1 Å². The molecule has 2 rings (SSSR count). The van der Waals surface area contributed by atoms with Crippen LogP contribution in [0.15, 0.2) is 24.3 Å². The van der Waals surface area contributed by atoms with Gasteiger partial charge in [-0.1, -0.05) is 0 Å². The molecule has 5 nitrogen and oxygen atoms in total. The molecule has 0 spiro atoms. The van der Waals surface area contributed by atoms with Crippen molar-refractivity contribution >= 4 is 17.3 Å². The van der Waals surface area contributed by atoms with Crippen LogP contribution in [0.25, 0.3) is 0 Å². The number of hydrogen-bond acceptors (Lipinski definition) is 4. The van der Waals surface area contributed by atoms with Crippen LogP contribution in [-0.4, -0.2) is 30.9 Å². The van der Waals surface area contributed by atoms with Gasteiger partial charge >= 0.3 is 0 Å². The molecule has 1 amide bonds. The highest BCUT2D eigenvalue weighted by Gasteiger charge is 2.28. The maximum Gasteiger partial charge on any atom is 0.221 e. The average Bonchev–Trinajstić information content (AvgIpc) is 2.34. The van der Waals surface area contributed by atoms with E-state index in [9.17, 15) is 4.79 Å². The Morgan fingerprint density at radius 2 is 1.68 bits per heavy atom. The number of ether oxygens (including phenoxy) is 2. The Labute approximate surface area is 113 Å². The second kappa shape index (κ2) is 5.59. The van der Waals surface area contributed by atoms with Gasteiger partial charge in [0, 0.05) is 18.3 Å². The lowest BCUT2D eigenvalue weighted by Crippen LogP contribution is -2.45. The van der Waals surface area contributed by atoms with Crippen molar-refractivity contribution in [2.45, 2.75) is 32.6 Å². The van der Waals surface area contributed by atoms with Gasteiger partial charge in [0.25, 0.3) is 0 Å². The summed E-state index contributed by atoms with van der Waals surface area (Å²) < 4.78 is 11.2. The number of carbonyl (C=O) groups excluding carboxylic acids is 1. The van der Waals surface area contributed by atoms with Gasteiger partial charge in [0.1, 0.15) is 0 Å². The lowest BCUT2D eigenvalue weighted by molar-refractivity contribution is -0.247. The van der Waals surface area contributed by atoms with Gasteiger partial charge in [0.2, 0.25) is 5.91 Å². The average molecular weight is 264 g/mol. The number of amides is 1. The zero-order valence-corrected chi connectivity index (χ0v) is 11.5. The van der Waals surface area contributed by atoms with Crippen LogP contribution in [0, 0.1) is 0 Å². The molecule has 1 aromatic carbocycles. The second-order valence-electron chi connectivity index (χ2n) is 5.12. The van der Waals surface area contributed by atoms with Crippen molar-refractivity contribution in [1.82, 2.24) is 0 Å². The summed E-state index contributed by atoms with van der Waals surface area (Å²) in [6.45, 7) is 6.53. The maximum atomic E-state index is 10.9. The van der Waals surface area contributed by atoms with Gasteiger partial charge in [-0.25, -0.2) is 0 Å². The largest absolute Gasteiger partial charge is 0.378 e. The molecule has 0 saturated carbocycles. The molecule has 1 heterocycles. The maximum absolute atomic E-state index is 10.9. The first kappa shape index (κ1) is 13.8. The van der Waals surface area contributed by atoms with E-state index in [0.29, 0.717) is 13.2 Å². The molecule has 0 unspecified atom stereocenters. The predicted molar refractivity (Wildman–Crippen MR) is 74.1 cm³/mol. The summed E-state index contributed by atoms with van der Waals surface area (Å²) in [5.41, 5.74) is 1.77. The Balaban J connectivity index is 1.88. The Morgan fingerprint density at radius 1 is 1.16 bits per heavy atom. The summed E-state index contributed by atoms with van der Waals surface area (Å²) in [6, 6.07) is 7.70. The highest BCUT2D eigenvalue weighted by molar-refractivity contribution is 5.88. The number of nitrogens with one attached hydrogen (secondary N) is 2. The van der Waals surface area contributed by atoms with Gasteiger partial charge < -0.3 is 20.1 Å². The van der Waals surface area contributed by atoms with Gasteiger partial charge in [-0.3, -0.25) is 4.79 Å². The monoisotopic (exact) mass is 264 g/mol. The molecule has 0 aliphatic carbocycles. The minimum Gasteiger partial charge on any atom is -0.378 e. The molecule has 1 aliphatic rings. The van der Waals surface area contributed by atoms with Gasteiger partial charge in [-0.2, -0.15) is 0 Å². The molecular formula is C14H20N2O3. The zero-order chi connectivity index (χ0) is 13.9. The molecule has 0 radical (unpaired) electrons. The van der Waals surface area contributed by atoms with Crippen molar-refractivity contribution in [2.75, 3.05) is 23.8 Å². The lowest BCUT2D eigenvalue weighted by Gasteiger charge is -2.35. The van der Waals surface area contributed by atoms with Crippen molar-refractivity contribution < 1.29 is 14.3 Å². The molecule has 19 heavy (non-hydrogen) atoms. The summed E-state index contributed by atoms with van der Waals surface area (Å²) in [5, 5.41) is 6.07. The topological polar surface area (TPSA) is 59.6 Å². The SMILES string of the molecule is CC(=O)Nc1ccc(NC2COC(C)(C)OC2)cc1. The predicted octanol–water partition coefficient (Wildman–Crippen LogP) is 2.21. The Morgan fingerprint density at radius 3 is 2.21 bits per heavy atom. The zero-order valence-electron chi connectivity index (χ0n) is 11.5. The highest BCUT2D eigenvalue weighted by Crippen LogP contribution is 2.20. The molecule has 0 atom stereocenters. The Hall–Kier alpha value is -1.59. The van der Waals surface area contributed by atoms with Crippen LogP contribution in [0.5, 0.6) is 0 Å². The minimum atomic E-state index is -0.493. The van der Waals surface area contributed by atoms with E-state index in [1.807, 2.05) is 38.1 Å². The van der Waals surface area contributed by atoms with Crippen LogP contribution in [-0.2, 0) is 14.3 Å². The third-order valence-electron chi connectivity index (χ3n) is 2.84. The van der Waals surface area contributed by atoms with Crippen molar-refractivity contribution in [3.63, 3.8) is 0 Å². The summed E-state index contributed by atoms with van der Waals surface area (Å²) in [6.07, 6.45) is 0. The number of rotatable bonds is 3. The van der Waals surface area contributed by atoms with E-state index in [1.165, 1.54) is 6.92 Å². The van der Waals surface area contributed by atoms with E-state index < -0.39 is 5.79 Å². The summed E-state index contributed by atoms with van der Waals surface area (Å²) >= 11 is 0. The van der Waals surface area contributed by atoms with E-state index in [1.54, 1.807) is 0 Å². The summed E-state index contributed by atoms with van der Waals surface area (Å²) in [5.74, 6) is -0.565. The summed E-state index contributed by atoms with van der Waals surface area (Å²) in [4.78, 5) is 10.9. The third-order valence-corrected chi connectivity index (χ3v) is 2.84. The number of anilines is 2. The molecule has 0 bridgehead atoms. The molecule has 1 fully saturated rings. The third kappa shape index (κ3) is 4.22. The first-order valence-electron chi connectivity index (χ1n) is 6.37. The van der Waals surface area contributed by atoms with Crippen LogP contribution in [0.3, 0.4) is 0 Å². The van der Waals surface area contributed by atoms with Crippen LogP contribution >= 0.6 is 0 Å². The van der Waals surface area contributed by atoms with Crippen LogP contribution in [0.2, 0.25) is 0 Å². The smallest absolute Gasteiger partial charge is 0.221 e. The van der Waals surface area contributed by atoms with Crippen LogP contribution in [0.1, 0.15) is 20.8 Å². The first-order chi connectivity index (χ1) is 8.94. The van der Waals surface area contributed by atoms with Gasteiger partial charge in [0.05, 0.1) is 19.3 Å². The molecule has 104 valence electrons. The number of carbonyl (C=O) groups is 1. The molecule has 0 aromatic heterocycles. The molecule has 1 saturated heterocycles. The Kier molecular flexibility index (Phi) is 4.07. The lowest BCUT2D eigenvalue weighted by atomic mass is 10.2. The molecule has 2 N–H and O–H groups in total. The molecular weight excluding hydrogens is 244 g/mol. The fraction of sp³-hybridized carbons (Fsp3) is 0.500. The minimum absolute atomic E-state index is 0.0722. The molecule has 1 aliphatic heterocycles. The van der Waals surface area contributed by atoms with Crippen LogP contribution in [0.4, 0.5) is 11.4 Å². The fourth-order valence-electron chi connectivity index (χ4n) is 1.86. The number of benzene rings is 1. The molecule has 1 aromatic rings. The van der Waals surface area contributed by atoms with E-state index in [0.717, 1.165) is 11.4 Å². The van der Waals surface area contributed by atoms with Crippen molar-refractivity contribution in [2.24, 2.45) is 0 Å². The van der Waals surface area contributed by atoms with E-state index in [4.69, 9.17) is 9.47 Å². The molecule has 5 heteroatoms. The second-order valence-corrected chi connectivity index (χ2v) is 5.12. The fourth-order valence-corrected chi connectivity index (χ4v) is 1.86. The van der Waals surface area contributed by atoms with Crippen molar-refractivity contribution in [3.8, 4) is 0 Å². The van der Waals surface area contributed by atoms with Crippen LogP contribution < -0.4 is 10.6 Å². The quantitative estimate of drug-likeness (QED) is 0.878. The standard InChI is InChI=1S/C14H20N2O3/c1-10(17)15-11-4-6-12(7-5-11)16-13-8-18-14(2,3)19-9-13/h4-7,13,16H,8-9H2,1-3H3,(H,15,17). The van der Waals surface area contributed by atoms with Gasteiger partial charge in [-0.15, -0.1) is 0 Å².